The maximum atomic E-state index is 11.6. The second-order valence-corrected chi connectivity index (χ2v) is 9.53. The van der Waals surface area contributed by atoms with E-state index in [9.17, 15) is 4.79 Å². The number of rotatable bonds is 15. The van der Waals surface area contributed by atoms with Gasteiger partial charge in [0.15, 0.2) is 0 Å². The van der Waals surface area contributed by atoms with Crippen molar-refractivity contribution in [1.82, 2.24) is 5.32 Å². The van der Waals surface area contributed by atoms with Gasteiger partial charge in [-0.25, -0.2) is 0 Å². The lowest BCUT2D eigenvalue weighted by molar-refractivity contribution is -0.122. The molecule has 0 bridgehead atoms. The number of carbonyl (C=O) groups excluding carboxylic acids is 1. The highest BCUT2D eigenvalue weighted by atomic mass is 16.2. The van der Waals surface area contributed by atoms with Crippen molar-refractivity contribution < 1.29 is 9.90 Å². The maximum absolute atomic E-state index is 11.6. The highest BCUT2D eigenvalue weighted by Gasteiger charge is 2.20. The fraction of sp³-hybridized carbons (Fsp3) is 0.500. The number of carbonyl (C=O) groups is 1. The number of amides is 1. The van der Waals surface area contributed by atoms with E-state index in [1.807, 2.05) is 26.8 Å². The van der Waals surface area contributed by atoms with E-state index in [1.54, 1.807) is 0 Å². The molecule has 1 amide bonds. The van der Waals surface area contributed by atoms with Gasteiger partial charge in [-0.1, -0.05) is 106 Å². The Morgan fingerprint density at radius 1 is 1.05 bits per heavy atom. The van der Waals surface area contributed by atoms with Crippen molar-refractivity contribution in [2.75, 3.05) is 7.11 Å². The summed E-state index contributed by atoms with van der Waals surface area (Å²) < 4.78 is 0. The molecule has 2 N–H and O–H groups in total. The van der Waals surface area contributed by atoms with Gasteiger partial charge in [0.1, 0.15) is 0 Å². The van der Waals surface area contributed by atoms with Crippen LogP contribution in [0.4, 0.5) is 0 Å². The third-order valence-electron chi connectivity index (χ3n) is 5.97. The Balaban J connectivity index is 0. The number of hydrogen-bond acceptors (Lipinski definition) is 2. The molecule has 3 nitrogen and oxygen atoms in total. The van der Waals surface area contributed by atoms with E-state index in [4.69, 9.17) is 5.11 Å². The molecule has 1 rings (SSSR count). The molecule has 3 heteroatoms. The Hall–Kier alpha value is -2.65. The highest BCUT2D eigenvalue weighted by molar-refractivity contribution is 5.79. The van der Waals surface area contributed by atoms with Gasteiger partial charge in [-0.15, -0.1) is 6.58 Å². The summed E-state index contributed by atoms with van der Waals surface area (Å²) in [4.78, 5) is 11.6. The molecule has 0 aliphatic carbocycles. The van der Waals surface area contributed by atoms with Gasteiger partial charge in [-0.2, -0.15) is 0 Å². The number of aliphatic hydroxyl groups is 1. The molecule has 0 spiro atoms. The van der Waals surface area contributed by atoms with E-state index in [-0.39, 0.29) is 5.91 Å². The number of piperidine rings is 1. The summed E-state index contributed by atoms with van der Waals surface area (Å²) in [5, 5.41) is 9.80. The molecule has 208 valence electrons. The maximum Gasteiger partial charge on any atom is 0.224 e. The van der Waals surface area contributed by atoms with E-state index < -0.39 is 0 Å². The molecule has 0 aromatic carbocycles. The van der Waals surface area contributed by atoms with Crippen molar-refractivity contribution in [2.24, 2.45) is 17.8 Å². The summed E-state index contributed by atoms with van der Waals surface area (Å²) in [6.45, 7) is 26.5. The largest absolute Gasteiger partial charge is 0.400 e. The molecular weight excluding hydrogens is 454 g/mol. The van der Waals surface area contributed by atoms with Crippen molar-refractivity contribution in [3.05, 3.63) is 97.3 Å². The summed E-state index contributed by atoms with van der Waals surface area (Å²) in [5.74, 6) is 1.27. The lowest BCUT2D eigenvalue weighted by Crippen LogP contribution is -2.31. The Kier molecular flexibility index (Phi) is 23.4. The minimum absolute atomic E-state index is 0.0857. The smallest absolute Gasteiger partial charge is 0.224 e. The standard InChI is InChI=1S/C31H45NO.C2H6.CH4O/c1-8-29(18-12-10-9-11-15-24(2)3)19-13-16-25(4)21-27(6)26(5)17-14-20-30-22-28(7)32-31(33)23-30;2*1-2/h8,11-12,14-18,27,29-30H,1-2,5,7,9-10,13,19-23H2,3-4,6H3,(H,32,33);1-2H3;2H,1H3/b15-11+,17-14+,18-12+,25-16-;;. The first kappa shape index (κ1) is 36.5. The van der Waals surface area contributed by atoms with Crippen LogP contribution in [0.5, 0.6) is 0 Å². The quantitative estimate of drug-likeness (QED) is 0.131. The fourth-order valence-corrected chi connectivity index (χ4v) is 3.99. The number of allylic oxidation sites excluding steroid dienone is 12. The van der Waals surface area contributed by atoms with Crippen LogP contribution in [0.2, 0.25) is 0 Å². The SMILES string of the molecule is C=CC(/C=C/CC/C=C/C(=C)C)CC/C=C(/C)CC(C)C(=C)/C=C/CC1CC(=C)NC(=O)C1.CC.CO. The average molecular weight is 510 g/mol. The number of unbranched alkanes of at least 4 members (excludes halogenated alkanes) is 1. The Labute approximate surface area is 229 Å². The van der Waals surface area contributed by atoms with Gasteiger partial charge in [0.2, 0.25) is 5.91 Å². The molecular formula is C34H55NO2. The molecule has 1 aliphatic rings. The summed E-state index contributed by atoms with van der Waals surface area (Å²) in [5.41, 5.74) is 4.49. The molecule has 0 radical (unpaired) electrons. The first-order valence-corrected chi connectivity index (χ1v) is 13.8. The summed E-state index contributed by atoms with van der Waals surface area (Å²) >= 11 is 0. The van der Waals surface area contributed by atoms with Gasteiger partial charge in [0, 0.05) is 19.2 Å². The Bertz CT molecular complexity index is 794. The first-order chi connectivity index (χ1) is 17.7. The molecule has 1 fully saturated rings. The third kappa shape index (κ3) is 20.1. The summed E-state index contributed by atoms with van der Waals surface area (Å²) in [6, 6.07) is 0. The van der Waals surface area contributed by atoms with Crippen LogP contribution in [0.3, 0.4) is 0 Å². The summed E-state index contributed by atoms with van der Waals surface area (Å²) in [6.07, 6.45) is 25.1. The molecule has 0 saturated carbocycles. The van der Waals surface area contributed by atoms with Crippen LogP contribution in [0.25, 0.3) is 0 Å². The average Bonchev–Trinajstić information content (AvgIpc) is 2.86. The molecule has 37 heavy (non-hydrogen) atoms. The van der Waals surface area contributed by atoms with E-state index >= 15 is 0 Å². The predicted molar refractivity (Wildman–Crippen MR) is 165 cm³/mol. The Morgan fingerprint density at radius 2 is 1.70 bits per heavy atom. The molecule has 3 atom stereocenters. The zero-order chi connectivity index (χ0) is 28.6. The normalized spacial score (nSPS) is 17.5. The molecule has 1 saturated heterocycles. The fourth-order valence-electron chi connectivity index (χ4n) is 3.99. The van der Waals surface area contributed by atoms with Crippen LogP contribution >= 0.6 is 0 Å². The molecule has 1 heterocycles. The van der Waals surface area contributed by atoms with Crippen LogP contribution in [-0.4, -0.2) is 18.1 Å². The van der Waals surface area contributed by atoms with Crippen molar-refractivity contribution >= 4 is 5.91 Å². The third-order valence-corrected chi connectivity index (χ3v) is 5.97. The van der Waals surface area contributed by atoms with Gasteiger partial charge >= 0.3 is 0 Å². The van der Waals surface area contributed by atoms with Crippen molar-refractivity contribution in [1.29, 1.82) is 0 Å². The predicted octanol–water partition coefficient (Wildman–Crippen LogP) is 9.19. The Morgan fingerprint density at radius 3 is 2.30 bits per heavy atom. The van der Waals surface area contributed by atoms with Gasteiger partial charge in [-0.05, 0) is 76.5 Å². The minimum atomic E-state index is 0.0857. The van der Waals surface area contributed by atoms with Crippen LogP contribution < -0.4 is 5.32 Å². The second kappa shape index (κ2) is 23.7. The molecule has 0 aromatic rings. The lowest BCUT2D eigenvalue weighted by Gasteiger charge is -2.22. The minimum Gasteiger partial charge on any atom is -0.400 e. The van der Waals surface area contributed by atoms with E-state index in [0.717, 1.165) is 68.9 Å². The van der Waals surface area contributed by atoms with Gasteiger partial charge in [0.25, 0.3) is 0 Å². The zero-order valence-corrected chi connectivity index (χ0v) is 24.7. The number of aliphatic hydroxyl groups excluding tert-OH is 1. The van der Waals surface area contributed by atoms with Gasteiger partial charge in [0.05, 0.1) is 0 Å². The molecule has 3 unspecified atom stereocenters. The lowest BCUT2D eigenvalue weighted by atomic mass is 9.90. The van der Waals surface area contributed by atoms with Crippen LogP contribution in [0.1, 0.15) is 86.0 Å². The number of hydrogen-bond donors (Lipinski definition) is 2. The van der Waals surface area contributed by atoms with Crippen LogP contribution in [0.15, 0.2) is 97.3 Å². The number of nitrogens with one attached hydrogen (secondary N) is 1. The topological polar surface area (TPSA) is 49.3 Å². The molecule has 1 aliphatic heterocycles. The van der Waals surface area contributed by atoms with Crippen molar-refractivity contribution in [2.45, 2.75) is 86.0 Å². The van der Waals surface area contributed by atoms with E-state index in [0.29, 0.717) is 24.2 Å². The highest BCUT2D eigenvalue weighted by Crippen LogP contribution is 2.24. The van der Waals surface area contributed by atoms with Gasteiger partial charge in [-0.3, -0.25) is 4.79 Å². The van der Waals surface area contributed by atoms with Crippen LogP contribution in [0, 0.1) is 17.8 Å². The monoisotopic (exact) mass is 509 g/mol. The zero-order valence-electron chi connectivity index (χ0n) is 24.7. The van der Waals surface area contributed by atoms with Crippen molar-refractivity contribution in [3.8, 4) is 0 Å². The second-order valence-electron chi connectivity index (χ2n) is 9.53. The van der Waals surface area contributed by atoms with E-state index in [1.165, 1.54) is 5.57 Å². The van der Waals surface area contributed by atoms with E-state index in [2.05, 4.69) is 88.0 Å². The van der Waals surface area contributed by atoms with Gasteiger partial charge < -0.3 is 10.4 Å². The van der Waals surface area contributed by atoms with Crippen LogP contribution in [-0.2, 0) is 4.79 Å². The molecule has 0 aromatic heterocycles. The summed E-state index contributed by atoms with van der Waals surface area (Å²) in [7, 11) is 1.00. The van der Waals surface area contributed by atoms with Crippen molar-refractivity contribution in [3.63, 3.8) is 0 Å². The first-order valence-electron chi connectivity index (χ1n) is 13.8.